The predicted octanol–water partition coefficient (Wildman–Crippen LogP) is 1.73. The van der Waals surface area contributed by atoms with E-state index in [1.54, 1.807) is 6.20 Å². The van der Waals surface area contributed by atoms with Gasteiger partial charge >= 0.3 is 5.97 Å². The lowest BCUT2D eigenvalue weighted by Crippen LogP contribution is -2.39. The quantitative estimate of drug-likeness (QED) is 0.880. The monoisotopic (exact) mass is 249 g/mol. The molecule has 5 nitrogen and oxygen atoms in total. The Bertz CT molecular complexity index is 422. The summed E-state index contributed by atoms with van der Waals surface area (Å²) in [4.78, 5) is 21.8. The van der Waals surface area contributed by atoms with Crippen molar-refractivity contribution in [3.63, 3.8) is 0 Å². The first-order valence-electron chi connectivity index (χ1n) is 6.50. The van der Waals surface area contributed by atoms with E-state index in [0.29, 0.717) is 6.54 Å². The number of carboxylic acids is 1. The summed E-state index contributed by atoms with van der Waals surface area (Å²) in [5.41, 5.74) is 0. The Balaban J connectivity index is 2.10. The summed E-state index contributed by atoms with van der Waals surface area (Å²) in [6.07, 6.45) is 5.31. The number of aryl methyl sites for hydroxylation is 1. The number of aliphatic carboxylic acids is 1. The van der Waals surface area contributed by atoms with E-state index in [0.717, 1.165) is 43.9 Å². The average molecular weight is 249 g/mol. The molecule has 1 aromatic rings. The summed E-state index contributed by atoms with van der Waals surface area (Å²) < 4.78 is 0. The van der Waals surface area contributed by atoms with Crippen LogP contribution >= 0.6 is 0 Å². The van der Waals surface area contributed by atoms with Crippen LogP contribution in [0.2, 0.25) is 0 Å². The van der Waals surface area contributed by atoms with E-state index >= 15 is 0 Å². The summed E-state index contributed by atoms with van der Waals surface area (Å²) >= 11 is 0. The van der Waals surface area contributed by atoms with Crippen molar-refractivity contribution in [2.45, 2.75) is 32.6 Å². The van der Waals surface area contributed by atoms with Crippen molar-refractivity contribution in [1.29, 1.82) is 0 Å². The van der Waals surface area contributed by atoms with Gasteiger partial charge in [-0.2, -0.15) is 0 Å². The molecular weight excluding hydrogens is 230 g/mol. The molecule has 2 rings (SSSR count). The van der Waals surface area contributed by atoms with Gasteiger partial charge < -0.3 is 10.0 Å². The first-order valence-corrected chi connectivity index (χ1v) is 6.50. The number of piperidine rings is 1. The standard InChI is InChI=1S/C13H19N3O2/c1-2-4-11-14-7-6-12(15-11)16-8-3-5-10(9-16)13(17)18/h6-7,10H,2-5,8-9H2,1H3,(H,17,18). The van der Waals surface area contributed by atoms with Crippen molar-refractivity contribution >= 4 is 11.8 Å². The Labute approximate surface area is 107 Å². The maximum atomic E-state index is 11.0. The lowest BCUT2D eigenvalue weighted by molar-refractivity contribution is -0.141. The van der Waals surface area contributed by atoms with Crippen LogP contribution in [0.15, 0.2) is 12.3 Å². The zero-order valence-electron chi connectivity index (χ0n) is 10.7. The van der Waals surface area contributed by atoms with E-state index in [2.05, 4.69) is 21.8 Å². The summed E-state index contributed by atoms with van der Waals surface area (Å²) in [5.74, 6) is 0.720. The molecule has 0 saturated carbocycles. The topological polar surface area (TPSA) is 66.3 Å². The van der Waals surface area contributed by atoms with Crippen LogP contribution in [0.4, 0.5) is 5.82 Å². The first kappa shape index (κ1) is 12.8. The molecular formula is C13H19N3O2. The fraction of sp³-hybridized carbons (Fsp3) is 0.615. The van der Waals surface area contributed by atoms with Crippen LogP contribution in [0.25, 0.3) is 0 Å². The smallest absolute Gasteiger partial charge is 0.308 e. The summed E-state index contributed by atoms with van der Waals surface area (Å²) in [6, 6.07) is 1.86. The fourth-order valence-corrected chi connectivity index (χ4v) is 2.30. The summed E-state index contributed by atoms with van der Waals surface area (Å²) in [5, 5.41) is 9.08. The number of carboxylic acid groups (broad SMARTS) is 1. The van der Waals surface area contributed by atoms with E-state index in [4.69, 9.17) is 5.11 Å². The van der Waals surface area contributed by atoms with Gasteiger partial charge in [0.15, 0.2) is 0 Å². The SMILES string of the molecule is CCCc1nccc(N2CCCC(C(=O)O)C2)n1. The number of nitrogens with zero attached hydrogens (tertiary/aromatic N) is 3. The van der Waals surface area contributed by atoms with Gasteiger partial charge in [0.1, 0.15) is 11.6 Å². The minimum absolute atomic E-state index is 0.275. The van der Waals surface area contributed by atoms with Gasteiger partial charge in [-0.05, 0) is 25.3 Å². The number of hydrogen-bond donors (Lipinski definition) is 1. The molecule has 98 valence electrons. The van der Waals surface area contributed by atoms with Crippen molar-refractivity contribution in [2.75, 3.05) is 18.0 Å². The van der Waals surface area contributed by atoms with E-state index in [-0.39, 0.29) is 5.92 Å². The zero-order chi connectivity index (χ0) is 13.0. The highest BCUT2D eigenvalue weighted by molar-refractivity contribution is 5.71. The molecule has 1 aliphatic heterocycles. The van der Waals surface area contributed by atoms with E-state index in [1.165, 1.54) is 0 Å². The Kier molecular flexibility index (Phi) is 4.12. The molecule has 0 bridgehead atoms. The van der Waals surface area contributed by atoms with Gasteiger partial charge in [-0.15, -0.1) is 0 Å². The third kappa shape index (κ3) is 2.97. The van der Waals surface area contributed by atoms with Crippen LogP contribution in [-0.4, -0.2) is 34.1 Å². The van der Waals surface area contributed by atoms with E-state index in [1.807, 2.05) is 6.07 Å². The van der Waals surface area contributed by atoms with Crippen molar-refractivity contribution in [3.8, 4) is 0 Å². The van der Waals surface area contributed by atoms with Crippen LogP contribution in [0.1, 0.15) is 32.0 Å². The number of aromatic nitrogens is 2. The molecule has 1 fully saturated rings. The summed E-state index contributed by atoms with van der Waals surface area (Å²) in [6.45, 7) is 3.53. The number of hydrogen-bond acceptors (Lipinski definition) is 4. The van der Waals surface area contributed by atoms with E-state index < -0.39 is 5.97 Å². The molecule has 1 aromatic heterocycles. The van der Waals surface area contributed by atoms with Crippen LogP contribution in [0.5, 0.6) is 0 Å². The summed E-state index contributed by atoms with van der Waals surface area (Å²) in [7, 11) is 0. The van der Waals surface area contributed by atoms with Crippen molar-refractivity contribution in [3.05, 3.63) is 18.1 Å². The molecule has 1 unspecified atom stereocenters. The molecule has 1 saturated heterocycles. The second-order valence-corrected chi connectivity index (χ2v) is 4.70. The Morgan fingerprint density at radius 1 is 1.61 bits per heavy atom. The molecule has 0 aliphatic carbocycles. The zero-order valence-corrected chi connectivity index (χ0v) is 10.7. The molecule has 0 amide bonds. The predicted molar refractivity (Wildman–Crippen MR) is 68.6 cm³/mol. The maximum Gasteiger partial charge on any atom is 0.308 e. The molecule has 5 heteroatoms. The third-order valence-electron chi connectivity index (χ3n) is 3.26. The molecule has 0 spiro atoms. The lowest BCUT2D eigenvalue weighted by Gasteiger charge is -2.31. The second-order valence-electron chi connectivity index (χ2n) is 4.70. The van der Waals surface area contributed by atoms with Crippen molar-refractivity contribution in [1.82, 2.24) is 9.97 Å². The van der Waals surface area contributed by atoms with E-state index in [9.17, 15) is 4.79 Å². The lowest BCUT2D eigenvalue weighted by atomic mass is 9.98. The minimum Gasteiger partial charge on any atom is -0.481 e. The van der Waals surface area contributed by atoms with Gasteiger partial charge in [0.05, 0.1) is 5.92 Å². The molecule has 0 radical (unpaired) electrons. The highest BCUT2D eigenvalue weighted by atomic mass is 16.4. The Morgan fingerprint density at radius 3 is 3.17 bits per heavy atom. The highest BCUT2D eigenvalue weighted by Gasteiger charge is 2.26. The van der Waals surface area contributed by atoms with Crippen LogP contribution in [0.3, 0.4) is 0 Å². The first-order chi connectivity index (χ1) is 8.70. The van der Waals surface area contributed by atoms with Gasteiger partial charge in [-0.3, -0.25) is 4.79 Å². The highest BCUT2D eigenvalue weighted by Crippen LogP contribution is 2.21. The largest absolute Gasteiger partial charge is 0.481 e. The van der Waals surface area contributed by atoms with Crippen LogP contribution in [-0.2, 0) is 11.2 Å². The maximum absolute atomic E-state index is 11.0. The molecule has 0 aromatic carbocycles. The Hall–Kier alpha value is -1.65. The average Bonchev–Trinajstić information content (AvgIpc) is 2.39. The van der Waals surface area contributed by atoms with Gasteiger partial charge in [0.2, 0.25) is 0 Å². The molecule has 2 heterocycles. The minimum atomic E-state index is -0.706. The molecule has 1 atom stereocenters. The fourth-order valence-electron chi connectivity index (χ4n) is 2.30. The van der Waals surface area contributed by atoms with Crippen molar-refractivity contribution in [2.24, 2.45) is 5.92 Å². The van der Waals surface area contributed by atoms with Gasteiger partial charge in [-0.1, -0.05) is 6.92 Å². The van der Waals surface area contributed by atoms with Gasteiger partial charge in [0.25, 0.3) is 0 Å². The van der Waals surface area contributed by atoms with Gasteiger partial charge in [0, 0.05) is 25.7 Å². The molecule has 1 N–H and O–H groups in total. The number of rotatable bonds is 4. The van der Waals surface area contributed by atoms with Crippen molar-refractivity contribution < 1.29 is 9.90 Å². The number of anilines is 1. The third-order valence-corrected chi connectivity index (χ3v) is 3.26. The Morgan fingerprint density at radius 2 is 2.44 bits per heavy atom. The second kappa shape index (κ2) is 5.80. The normalized spacial score (nSPS) is 19.8. The van der Waals surface area contributed by atoms with Gasteiger partial charge in [-0.25, -0.2) is 9.97 Å². The van der Waals surface area contributed by atoms with Crippen LogP contribution in [0, 0.1) is 5.92 Å². The molecule has 1 aliphatic rings. The number of carbonyl (C=O) groups is 1. The molecule has 18 heavy (non-hydrogen) atoms. The van der Waals surface area contributed by atoms with Crippen LogP contribution < -0.4 is 4.90 Å².